The number of aliphatic hydroxyl groups excluding tert-OH is 1. The fourth-order valence-electron chi connectivity index (χ4n) is 12.0. The third-order valence-electron chi connectivity index (χ3n) is 15.1. The van der Waals surface area contributed by atoms with E-state index >= 15 is 0 Å². The van der Waals surface area contributed by atoms with Gasteiger partial charge in [0.05, 0.1) is 6.10 Å². The highest BCUT2D eigenvalue weighted by Crippen LogP contribution is 2.63. The van der Waals surface area contributed by atoms with Crippen LogP contribution in [-0.4, -0.2) is 93.2 Å². The van der Waals surface area contributed by atoms with Gasteiger partial charge in [0.2, 0.25) is 0 Å². The molecule has 2 saturated heterocycles. The van der Waals surface area contributed by atoms with Gasteiger partial charge in [-0.15, -0.1) is 0 Å². The minimum atomic E-state index is -5.56. The summed E-state index contributed by atoms with van der Waals surface area (Å²) < 4.78 is 75.5. The monoisotopic (exact) mass is 829 g/mol. The molecule has 0 bridgehead atoms. The van der Waals surface area contributed by atoms with Crippen LogP contribution in [0.2, 0.25) is 0 Å². The summed E-state index contributed by atoms with van der Waals surface area (Å²) >= 11 is -1.39. The van der Waals surface area contributed by atoms with Crippen molar-refractivity contribution in [3.05, 3.63) is 29.3 Å². The molecule has 7 nitrogen and oxygen atoms in total. The molecule has 13 heteroatoms. The van der Waals surface area contributed by atoms with E-state index in [1.807, 2.05) is 0 Å². The first-order valence-electron chi connectivity index (χ1n) is 22.2. The van der Waals surface area contributed by atoms with Gasteiger partial charge in [-0.2, -0.15) is 22.0 Å². The number of alkyl halides is 5. The van der Waals surface area contributed by atoms with Gasteiger partial charge in [-0.3, -0.25) is 9.80 Å². The summed E-state index contributed by atoms with van der Waals surface area (Å²) in [6, 6.07) is 7.38. The molecule has 3 aliphatic carbocycles. The predicted molar refractivity (Wildman–Crippen MR) is 217 cm³/mol. The number of unbranched alkanes of at least 4 members (excludes halogenated alkanes) is 6. The molecule has 5 aliphatic rings. The summed E-state index contributed by atoms with van der Waals surface area (Å²) in [6.07, 6.45) is 8.45. The van der Waals surface area contributed by atoms with E-state index in [-0.39, 0.29) is 23.3 Å². The Labute approximate surface area is 340 Å². The Kier molecular flexibility index (Phi) is 15.2. The number of piperidine rings is 2. The lowest BCUT2D eigenvalue weighted by Gasteiger charge is -2.53. The zero-order valence-electron chi connectivity index (χ0n) is 34.2. The quantitative estimate of drug-likeness (QED) is 0.0822. The molecule has 324 valence electrons. The highest BCUT2D eigenvalue weighted by molar-refractivity contribution is 7.91. The number of aliphatic hydroxyl groups is 1. The van der Waals surface area contributed by atoms with E-state index in [1.165, 1.54) is 11.1 Å². The molecule has 0 aromatic heterocycles. The van der Waals surface area contributed by atoms with Crippen LogP contribution >= 0.6 is 0 Å². The van der Waals surface area contributed by atoms with E-state index in [4.69, 9.17) is 0 Å². The molecule has 2 saturated carbocycles. The van der Waals surface area contributed by atoms with Crippen molar-refractivity contribution in [2.45, 2.75) is 178 Å². The largest absolute Gasteiger partial charge is 0.616 e. The van der Waals surface area contributed by atoms with Crippen LogP contribution in [0.4, 0.5) is 32.4 Å². The summed E-state index contributed by atoms with van der Waals surface area (Å²) in [5.41, 5.74) is 3.45. The highest BCUT2D eigenvalue weighted by Gasteiger charge is 2.57. The van der Waals surface area contributed by atoms with Crippen molar-refractivity contribution in [2.24, 2.45) is 23.2 Å². The number of fused-ring (bicyclic) bond motifs is 5. The number of nitrogens with zero attached hydrogens (tertiary/aromatic N) is 2. The van der Waals surface area contributed by atoms with Crippen molar-refractivity contribution in [2.75, 3.05) is 36.0 Å². The number of anilines is 1. The summed E-state index contributed by atoms with van der Waals surface area (Å²) in [7, 11) is 0. The third-order valence-corrected chi connectivity index (χ3v) is 16.6. The molecule has 1 amide bonds. The van der Waals surface area contributed by atoms with E-state index in [9.17, 15) is 41.5 Å². The maximum Gasteiger partial charge on any atom is 0.453 e. The van der Waals surface area contributed by atoms with E-state index in [0.717, 1.165) is 128 Å². The molecule has 2 aliphatic heterocycles. The van der Waals surface area contributed by atoms with Gasteiger partial charge < -0.3 is 20.1 Å². The second-order valence-corrected chi connectivity index (χ2v) is 20.3. The fraction of sp³-hybridized carbons (Fsp3) is 0.841. The van der Waals surface area contributed by atoms with Crippen LogP contribution in [-0.2, 0) is 17.6 Å². The number of rotatable bonds is 17. The number of nitrogens with one attached hydrogen (secondary N) is 1. The minimum Gasteiger partial charge on any atom is -0.616 e. The summed E-state index contributed by atoms with van der Waals surface area (Å²) in [6.45, 7) is 7.59. The number of amides is 1. The van der Waals surface area contributed by atoms with Crippen LogP contribution in [0.1, 0.15) is 146 Å². The molecular weight excluding hydrogens is 762 g/mol. The minimum absolute atomic E-state index is 0.0471. The Balaban J connectivity index is 1.02. The molecule has 0 radical (unpaired) electrons. The smallest absolute Gasteiger partial charge is 0.453 e. The van der Waals surface area contributed by atoms with Crippen molar-refractivity contribution in [1.82, 2.24) is 10.2 Å². The predicted octanol–water partition coefficient (Wildman–Crippen LogP) is 10.1. The second kappa shape index (κ2) is 19.4. The summed E-state index contributed by atoms with van der Waals surface area (Å²) in [5.74, 6) is -2.63. The molecule has 2 heterocycles. The van der Waals surface area contributed by atoms with E-state index in [2.05, 4.69) is 42.3 Å². The zero-order chi connectivity index (χ0) is 41.0. The number of hydrogen-bond acceptors (Lipinski definition) is 5. The van der Waals surface area contributed by atoms with E-state index < -0.39 is 42.2 Å². The number of likely N-dealkylation sites (tertiary alicyclic amines) is 1. The van der Waals surface area contributed by atoms with E-state index in [0.29, 0.717) is 47.9 Å². The molecule has 57 heavy (non-hydrogen) atoms. The van der Waals surface area contributed by atoms with Crippen molar-refractivity contribution in [3.63, 3.8) is 0 Å². The molecule has 1 aromatic rings. The third kappa shape index (κ3) is 10.4. The maximum atomic E-state index is 13.1. The van der Waals surface area contributed by atoms with Gasteiger partial charge >= 0.3 is 18.2 Å². The van der Waals surface area contributed by atoms with Crippen LogP contribution in [0.25, 0.3) is 0 Å². The number of benzene rings is 1. The average molecular weight is 830 g/mol. The average Bonchev–Trinajstić information content (AvgIpc) is 3.47. The second-order valence-electron chi connectivity index (χ2n) is 18.6. The molecule has 1 aromatic carbocycles. The Hall–Kier alpha value is -1.67. The molecule has 2 unspecified atom stereocenters. The van der Waals surface area contributed by atoms with Gasteiger partial charge in [0, 0.05) is 36.8 Å². The number of hydrogen-bond donors (Lipinski definition) is 3. The van der Waals surface area contributed by atoms with Crippen LogP contribution in [0.5, 0.6) is 0 Å². The lowest BCUT2D eigenvalue weighted by atomic mass is 9.52. The molecule has 9 atom stereocenters. The maximum absolute atomic E-state index is 13.1. The molecule has 4 fully saturated rings. The van der Waals surface area contributed by atoms with Gasteiger partial charge in [0.25, 0.3) is 0 Å². The topological polar surface area (TPSA) is 99.1 Å². The number of carboxylic acid groups (broad SMARTS) is 1. The van der Waals surface area contributed by atoms with Crippen LogP contribution in [0, 0.1) is 23.2 Å². The van der Waals surface area contributed by atoms with Gasteiger partial charge in [0.1, 0.15) is 11.5 Å². The summed E-state index contributed by atoms with van der Waals surface area (Å²) in [4.78, 5) is 17.2. The lowest BCUT2D eigenvalue weighted by molar-refractivity contribution is -0.284. The normalized spacial score (nSPS) is 31.7. The Morgan fingerprint density at radius 2 is 1.65 bits per heavy atom. The Bertz CT molecular complexity index is 1470. The van der Waals surface area contributed by atoms with Gasteiger partial charge in [0.15, 0.2) is 0 Å². The first-order chi connectivity index (χ1) is 27.1. The zero-order valence-corrected chi connectivity index (χ0v) is 35.0. The SMILES string of the molecule is C[C@@H]1CC(N(C(=O)O)c2ccc3c(c2)C[C@@H](CCCCCCCCC[S+]([O-])CCCC(F)(F)C(F)(F)F)[C@@H]2[C@@H]3CC[C@]3(C)[C@@H](O)CC[C@@H]23)CCN1C1CCNCC1. The summed E-state index contributed by atoms with van der Waals surface area (Å²) in [5, 5.41) is 25.2. The van der Waals surface area contributed by atoms with Crippen LogP contribution < -0.4 is 10.2 Å². The molecule has 3 N–H and O–H groups in total. The lowest BCUT2D eigenvalue weighted by Crippen LogP contribution is -2.55. The van der Waals surface area contributed by atoms with E-state index in [1.54, 1.807) is 4.90 Å². The molecule has 6 rings (SSSR count). The first-order valence-corrected chi connectivity index (χ1v) is 23.7. The van der Waals surface area contributed by atoms with Gasteiger partial charge in [-0.05, 0) is 156 Å². The first kappa shape index (κ1) is 44.9. The standard InChI is InChI=1S/C44H68F5N3O4S/c1-30-27-35(19-24-51(30)33-17-22-50-23-18-33)52(41(54)55)34-12-13-36-32(29-34)28-31(40-37(36)16-21-42(2)38(40)14-15-39(42)53)11-8-6-4-3-5-7-9-25-57(56)26-10-20-43(45,46)44(47,48)49/h12-13,29-31,33,35,37-40,50,53H,3-11,14-28H2,1-2H3,(H,54,55)/t30-,31-,35?,37-,38+,39+,40-,42+,57?/m1/s1. The van der Waals surface area contributed by atoms with Crippen molar-refractivity contribution < 1.29 is 41.5 Å². The van der Waals surface area contributed by atoms with Crippen LogP contribution in [0.15, 0.2) is 18.2 Å². The van der Waals surface area contributed by atoms with Crippen LogP contribution in [0.3, 0.4) is 0 Å². The molecular formula is C44H68F5N3O4S. The molecule has 0 spiro atoms. The van der Waals surface area contributed by atoms with Gasteiger partial charge in [-0.25, -0.2) is 4.79 Å². The van der Waals surface area contributed by atoms with Crippen molar-refractivity contribution in [3.8, 4) is 0 Å². The van der Waals surface area contributed by atoms with Crippen molar-refractivity contribution in [1.29, 1.82) is 0 Å². The van der Waals surface area contributed by atoms with Crippen molar-refractivity contribution >= 4 is 23.0 Å². The van der Waals surface area contributed by atoms with Gasteiger partial charge in [-0.1, -0.05) is 56.3 Å². The Morgan fingerprint density at radius 1 is 0.965 bits per heavy atom. The fourth-order valence-corrected chi connectivity index (χ4v) is 13.2. The number of carbonyl (C=O) groups is 1. The number of halogens is 5. The highest BCUT2D eigenvalue weighted by atomic mass is 32.2. The Morgan fingerprint density at radius 3 is 2.33 bits per heavy atom.